The number of likely N-dealkylation sites (tertiary alicyclic amines) is 1. The predicted molar refractivity (Wildman–Crippen MR) is 78.0 cm³/mol. The molecule has 1 aliphatic heterocycles. The van der Waals surface area contributed by atoms with Crippen LogP contribution in [0.15, 0.2) is 34.7 Å². The second kappa shape index (κ2) is 6.04. The minimum atomic E-state index is -0.882. The topological polar surface area (TPSA) is 96.8 Å². The second-order valence-electron chi connectivity index (χ2n) is 5.56. The van der Waals surface area contributed by atoms with Gasteiger partial charge in [0.1, 0.15) is 11.6 Å². The normalized spacial score (nSPS) is 20.4. The Kier molecular flexibility index (Phi) is 4.06. The third-order valence-corrected chi connectivity index (χ3v) is 3.92. The first-order valence-electron chi connectivity index (χ1n) is 7.20. The van der Waals surface area contributed by atoms with E-state index >= 15 is 0 Å². The van der Waals surface area contributed by atoms with Gasteiger partial charge in [0.2, 0.25) is 0 Å². The number of furan rings is 1. The summed E-state index contributed by atoms with van der Waals surface area (Å²) in [7, 11) is 0. The van der Waals surface area contributed by atoms with Crippen LogP contribution >= 0.6 is 0 Å². The van der Waals surface area contributed by atoms with Gasteiger partial charge < -0.3 is 20.2 Å². The first kappa shape index (κ1) is 16.1. The van der Waals surface area contributed by atoms with Gasteiger partial charge in [-0.3, -0.25) is 9.59 Å². The van der Waals surface area contributed by atoms with E-state index in [1.54, 1.807) is 0 Å². The van der Waals surface area contributed by atoms with Gasteiger partial charge in [-0.05, 0) is 36.8 Å². The summed E-state index contributed by atoms with van der Waals surface area (Å²) in [5.41, 5.74) is 5.04. The Bertz CT molecular complexity index is 805. The number of aliphatic hydroxyl groups excluding tert-OH is 1. The highest BCUT2D eigenvalue weighted by Gasteiger charge is 2.38. The molecule has 6 nitrogen and oxygen atoms in total. The van der Waals surface area contributed by atoms with Gasteiger partial charge in [0.15, 0.2) is 11.5 Å². The molecule has 0 saturated carbocycles. The summed E-state index contributed by atoms with van der Waals surface area (Å²) in [5.74, 6) is -3.15. The number of hydrogen-bond donors (Lipinski definition) is 2. The molecular weight excluding hydrogens is 322 g/mol. The van der Waals surface area contributed by atoms with Gasteiger partial charge in [-0.1, -0.05) is 0 Å². The molecule has 2 heterocycles. The molecule has 8 heteroatoms. The van der Waals surface area contributed by atoms with Gasteiger partial charge >= 0.3 is 0 Å². The van der Waals surface area contributed by atoms with Crippen molar-refractivity contribution >= 4 is 11.8 Å². The van der Waals surface area contributed by atoms with E-state index in [1.807, 2.05) is 0 Å². The van der Waals surface area contributed by atoms with E-state index < -0.39 is 35.6 Å². The number of nitrogens with two attached hydrogens (primary N) is 1. The van der Waals surface area contributed by atoms with Gasteiger partial charge in [-0.25, -0.2) is 8.78 Å². The highest BCUT2D eigenvalue weighted by molar-refractivity contribution is 5.95. The maximum atomic E-state index is 14.0. The number of aliphatic hydroxyl groups is 1. The fourth-order valence-electron chi connectivity index (χ4n) is 2.83. The van der Waals surface area contributed by atoms with E-state index in [1.165, 1.54) is 17.0 Å². The van der Waals surface area contributed by atoms with E-state index in [4.69, 9.17) is 10.2 Å². The maximum Gasteiger partial charge on any atom is 0.290 e. The van der Waals surface area contributed by atoms with Crippen LogP contribution in [0.1, 0.15) is 39.1 Å². The third-order valence-electron chi connectivity index (χ3n) is 3.92. The highest BCUT2D eigenvalue weighted by atomic mass is 19.1. The van der Waals surface area contributed by atoms with Crippen molar-refractivity contribution in [1.82, 2.24) is 4.90 Å². The molecule has 24 heavy (non-hydrogen) atoms. The van der Waals surface area contributed by atoms with Crippen molar-refractivity contribution in [3.05, 3.63) is 59.1 Å². The molecule has 1 aliphatic rings. The second-order valence-corrected chi connectivity index (χ2v) is 5.56. The van der Waals surface area contributed by atoms with E-state index in [0.29, 0.717) is 0 Å². The summed E-state index contributed by atoms with van der Waals surface area (Å²) in [6.45, 7) is -0.0634. The summed E-state index contributed by atoms with van der Waals surface area (Å²) in [5, 5.41) is 9.87. The lowest BCUT2D eigenvalue weighted by Crippen LogP contribution is -2.32. The van der Waals surface area contributed by atoms with Crippen molar-refractivity contribution in [3.63, 3.8) is 0 Å². The molecule has 1 aromatic carbocycles. The molecule has 1 saturated heterocycles. The Hall–Kier alpha value is -2.74. The summed E-state index contributed by atoms with van der Waals surface area (Å²) < 4.78 is 32.5. The Labute approximate surface area is 135 Å². The number of hydrogen-bond acceptors (Lipinski definition) is 4. The average Bonchev–Trinajstić information content (AvgIpc) is 3.16. The van der Waals surface area contributed by atoms with Gasteiger partial charge in [-0.2, -0.15) is 0 Å². The largest absolute Gasteiger partial charge is 0.446 e. The van der Waals surface area contributed by atoms with E-state index in [9.17, 15) is 23.5 Å². The number of amides is 2. The molecule has 126 valence electrons. The van der Waals surface area contributed by atoms with Crippen molar-refractivity contribution in [2.24, 2.45) is 5.73 Å². The fourth-order valence-corrected chi connectivity index (χ4v) is 2.83. The fraction of sp³-hybridized carbons (Fsp3) is 0.250. The van der Waals surface area contributed by atoms with Crippen LogP contribution in [0.3, 0.4) is 0 Å². The Balaban J connectivity index is 1.93. The Morgan fingerprint density at radius 1 is 1.21 bits per heavy atom. The molecule has 0 bridgehead atoms. The quantitative estimate of drug-likeness (QED) is 0.890. The molecule has 1 aromatic heterocycles. The van der Waals surface area contributed by atoms with Gasteiger partial charge in [0.25, 0.3) is 11.8 Å². The monoisotopic (exact) mass is 336 g/mol. The number of β-amino-alcohol motifs (C(OH)–C–C–N with tert-alkyl or cyclic N) is 1. The van der Waals surface area contributed by atoms with E-state index in [2.05, 4.69) is 0 Å². The highest BCUT2D eigenvalue weighted by Crippen LogP contribution is 2.35. The van der Waals surface area contributed by atoms with Crippen molar-refractivity contribution in [3.8, 4) is 0 Å². The lowest BCUT2D eigenvalue weighted by Gasteiger charge is -2.24. The molecule has 0 aliphatic carbocycles. The van der Waals surface area contributed by atoms with Crippen LogP contribution in [0.25, 0.3) is 0 Å². The Morgan fingerprint density at radius 2 is 1.92 bits per heavy atom. The molecular formula is C16H14F2N2O4. The molecule has 0 radical (unpaired) electrons. The molecule has 2 aromatic rings. The molecule has 3 rings (SSSR count). The minimum absolute atomic E-state index is 0.0263. The molecule has 2 amide bonds. The first-order valence-corrected chi connectivity index (χ1v) is 7.20. The summed E-state index contributed by atoms with van der Waals surface area (Å²) in [4.78, 5) is 24.8. The van der Waals surface area contributed by atoms with Gasteiger partial charge in [-0.15, -0.1) is 0 Å². The summed E-state index contributed by atoms with van der Waals surface area (Å²) in [6.07, 6.45) is -0.817. The molecule has 1 fully saturated rings. The number of halogens is 2. The van der Waals surface area contributed by atoms with Crippen molar-refractivity contribution in [1.29, 1.82) is 0 Å². The van der Waals surface area contributed by atoms with E-state index in [0.717, 1.165) is 18.2 Å². The molecule has 3 N–H and O–H groups in total. The smallest absolute Gasteiger partial charge is 0.290 e. The predicted octanol–water partition coefficient (Wildman–Crippen LogP) is 1.60. The zero-order valence-corrected chi connectivity index (χ0v) is 12.4. The molecule has 2 atom stereocenters. The van der Waals surface area contributed by atoms with Crippen molar-refractivity contribution in [2.75, 3.05) is 6.54 Å². The number of benzene rings is 1. The number of rotatable bonds is 3. The Morgan fingerprint density at radius 3 is 2.58 bits per heavy atom. The number of carbonyl (C=O) groups excluding carboxylic acids is 2. The zero-order chi connectivity index (χ0) is 17.4. The van der Waals surface area contributed by atoms with E-state index in [-0.39, 0.29) is 30.0 Å². The van der Waals surface area contributed by atoms with Crippen LogP contribution in [0, 0.1) is 11.6 Å². The standard InChI is InChI=1S/C16H14F2N2O4/c17-8-1-2-11(18)10(5-8)12-6-9(21)7-20(12)16(23)14-4-3-13(24-14)15(19)22/h1-5,9,12,21H,6-7H2,(H2,19,22)/t9-,12+/m1/s1. The van der Waals surface area contributed by atoms with Crippen LogP contribution in [0.5, 0.6) is 0 Å². The van der Waals surface area contributed by atoms with Crippen molar-refractivity contribution < 1.29 is 27.9 Å². The lowest BCUT2D eigenvalue weighted by atomic mass is 10.0. The van der Waals surface area contributed by atoms with Crippen LogP contribution in [0.2, 0.25) is 0 Å². The van der Waals surface area contributed by atoms with Gasteiger partial charge in [0.05, 0.1) is 12.1 Å². The zero-order valence-electron chi connectivity index (χ0n) is 12.4. The summed E-state index contributed by atoms with van der Waals surface area (Å²) in [6, 6.07) is 4.62. The molecule has 0 spiro atoms. The van der Waals surface area contributed by atoms with Crippen LogP contribution in [-0.4, -0.2) is 34.5 Å². The van der Waals surface area contributed by atoms with Crippen LogP contribution < -0.4 is 5.73 Å². The average molecular weight is 336 g/mol. The maximum absolute atomic E-state index is 14.0. The summed E-state index contributed by atoms with van der Waals surface area (Å²) >= 11 is 0. The SMILES string of the molecule is NC(=O)c1ccc(C(=O)N2C[C@H](O)C[C@H]2c2cc(F)ccc2F)o1. The lowest BCUT2D eigenvalue weighted by molar-refractivity contribution is 0.0679. The first-order chi connectivity index (χ1) is 11.4. The van der Waals surface area contributed by atoms with Crippen LogP contribution in [0.4, 0.5) is 8.78 Å². The van der Waals surface area contributed by atoms with Crippen LogP contribution in [-0.2, 0) is 0 Å². The van der Waals surface area contributed by atoms with Gasteiger partial charge in [0, 0.05) is 12.1 Å². The number of nitrogens with zero attached hydrogens (tertiary/aromatic N) is 1. The minimum Gasteiger partial charge on any atom is -0.446 e. The molecule has 0 unspecified atom stereocenters. The van der Waals surface area contributed by atoms with Crippen molar-refractivity contribution in [2.45, 2.75) is 18.6 Å². The number of primary amides is 1. The third kappa shape index (κ3) is 2.88. The number of carbonyl (C=O) groups is 2.